The second-order valence-electron chi connectivity index (χ2n) is 18.7. The zero-order valence-electron chi connectivity index (χ0n) is 42.8. The highest BCUT2D eigenvalue weighted by Crippen LogP contribution is 2.36. The molecule has 1 aliphatic heterocycles. The highest BCUT2D eigenvalue weighted by atomic mass is 33.1. The molecule has 4 amide bonds. The Morgan fingerprint density at radius 2 is 1.77 bits per heavy atom. The number of aromatic hydroxyl groups is 1. The lowest BCUT2D eigenvalue weighted by molar-refractivity contribution is -0.388. The number of phenols is 1. The minimum Gasteiger partial charge on any atom is -0.508 e. The maximum absolute atomic E-state index is 14.9. The van der Waals surface area contributed by atoms with E-state index in [0.717, 1.165) is 57.9 Å². The zero-order valence-corrected chi connectivity index (χ0v) is 45.2. The second kappa shape index (κ2) is 29.9. The number of carbonyl (C=O) groups excluding carboxylic acids is 7. The van der Waals surface area contributed by atoms with Crippen LogP contribution in [-0.4, -0.2) is 128 Å². The number of ether oxygens (including phenoxy) is 2. The van der Waals surface area contributed by atoms with Crippen molar-refractivity contribution in [1.29, 1.82) is 0 Å². The van der Waals surface area contributed by atoms with Gasteiger partial charge in [-0.25, -0.2) is 9.97 Å². The first-order chi connectivity index (χ1) is 34.8. The molecule has 0 saturated carbocycles. The van der Waals surface area contributed by atoms with Gasteiger partial charge in [-0.3, -0.25) is 43.8 Å². The Hall–Kier alpha value is -5.65. The molecule has 8 atom stereocenters. The smallest absolute Gasteiger partial charge is 0.307 e. The molecule has 4 rings (SSSR count). The van der Waals surface area contributed by atoms with Gasteiger partial charge in [0.1, 0.15) is 28.8 Å². The molecule has 1 fully saturated rings. The molecule has 3 heterocycles. The van der Waals surface area contributed by atoms with Crippen molar-refractivity contribution in [3.8, 4) is 5.75 Å². The van der Waals surface area contributed by atoms with Gasteiger partial charge in [-0.1, -0.05) is 77.3 Å². The second-order valence-corrected chi connectivity index (χ2v) is 21.9. The number of esters is 2. The molecular weight excluding hydrogens is 1000 g/mol. The molecule has 1 aromatic carbocycles. The molecule has 2 aromatic heterocycles. The first kappa shape index (κ1) is 59.9. The van der Waals surface area contributed by atoms with E-state index in [4.69, 9.17) is 9.47 Å². The van der Waals surface area contributed by atoms with Gasteiger partial charge in [-0.15, -0.1) is 11.3 Å². The predicted molar refractivity (Wildman–Crippen MR) is 278 cm³/mol. The Morgan fingerprint density at radius 1 is 1.04 bits per heavy atom. The molecule has 20 nitrogen and oxygen atoms in total. The summed E-state index contributed by atoms with van der Waals surface area (Å²) in [5.74, 6) is -4.16. The Bertz CT molecular complexity index is 2340. The van der Waals surface area contributed by atoms with Gasteiger partial charge in [-0.2, -0.15) is 0 Å². The molecule has 1 saturated heterocycles. The summed E-state index contributed by atoms with van der Waals surface area (Å²) in [5.41, 5.74) is 0.543. The standard InChI is InChI=1S/C50H70N8O12S3/c1-9-14-43(62)69-29-57(50(66)44(31(5)10-2)55-47(65)39-15-11-12-22-56(39)8)41(30(3)4)25-42(70-33(7)60)49-54-38(28-71-49)46(64)52-35(24-34-17-19-37(61)20-18-34)23-32(6)45(63)53-36(26-59)27-72-73-48-40(58(67)68)16-13-21-51-48/h13,16-21,26,28,30-32,35-36,39,41-42,44,61H,9-12,14-15,22-25,27,29H2,1-8H3,(H,52,64)(H,53,63)(H,55,65)/t31?,32?,35-,36-,39-,41?,42-,44+/m1/s1. The summed E-state index contributed by atoms with van der Waals surface area (Å²) in [6.45, 7) is 12.6. The normalized spacial score (nSPS) is 16.6. The lowest BCUT2D eigenvalue weighted by Gasteiger charge is -2.39. The third-order valence-corrected chi connectivity index (χ3v) is 15.8. The summed E-state index contributed by atoms with van der Waals surface area (Å²) in [6.07, 6.45) is 4.97. The number of benzene rings is 1. The summed E-state index contributed by atoms with van der Waals surface area (Å²) >= 11 is 1.07. The van der Waals surface area contributed by atoms with Crippen LogP contribution in [0.2, 0.25) is 0 Å². The summed E-state index contributed by atoms with van der Waals surface area (Å²) in [4.78, 5) is 117. The average molecular weight is 1070 g/mol. The number of nitrogens with one attached hydrogen (secondary N) is 3. The van der Waals surface area contributed by atoms with E-state index >= 15 is 0 Å². The van der Waals surface area contributed by atoms with Gasteiger partial charge in [0, 0.05) is 61.2 Å². The monoisotopic (exact) mass is 1070 g/mol. The van der Waals surface area contributed by atoms with Crippen molar-refractivity contribution < 1.29 is 53.1 Å². The number of aromatic nitrogens is 2. The maximum atomic E-state index is 14.9. The van der Waals surface area contributed by atoms with Gasteiger partial charge in [-0.05, 0) is 92.1 Å². The molecule has 3 aromatic rings. The van der Waals surface area contributed by atoms with Crippen molar-refractivity contribution in [2.24, 2.45) is 17.8 Å². The lowest BCUT2D eigenvalue weighted by atomic mass is 9.92. The van der Waals surface area contributed by atoms with E-state index in [1.807, 2.05) is 46.6 Å². The number of aldehydes is 1. The van der Waals surface area contributed by atoms with Gasteiger partial charge in [0.15, 0.2) is 17.9 Å². The number of likely N-dealkylation sites (tertiary alicyclic amines) is 1. The first-order valence-electron chi connectivity index (χ1n) is 24.6. The fourth-order valence-corrected chi connectivity index (χ4v) is 11.3. The fourth-order valence-electron chi connectivity index (χ4n) is 8.27. The van der Waals surface area contributed by atoms with Crippen LogP contribution in [0, 0.1) is 27.9 Å². The number of phenolic OH excluding ortho intramolecular Hbond substituents is 1. The minimum absolute atomic E-state index is 0.00638. The van der Waals surface area contributed by atoms with Crippen LogP contribution >= 0.6 is 32.9 Å². The molecule has 73 heavy (non-hydrogen) atoms. The van der Waals surface area contributed by atoms with Crippen LogP contribution in [-0.2, 0) is 44.7 Å². The van der Waals surface area contributed by atoms with Crippen molar-refractivity contribution in [2.75, 3.05) is 26.1 Å². The molecule has 23 heteroatoms. The third-order valence-electron chi connectivity index (χ3n) is 12.6. The first-order valence-corrected chi connectivity index (χ1v) is 27.8. The largest absolute Gasteiger partial charge is 0.508 e. The van der Waals surface area contributed by atoms with Crippen LogP contribution in [0.4, 0.5) is 5.69 Å². The number of carbonyl (C=O) groups is 7. The number of amides is 4. The summed E-state index contributed by atoms with van der Waals surface area (Å²) in [5, 5.41) is 32.0. The van der Waals surface area contributed by atoms with Gasteiger partial charge >= 0.3 is 17.6 Å². The highest BCUT2D eigenvalue weighted by molar-refractivity contribution is 8.76. The van der Waals surface area contributed by atoms with Crippen LogP contribution in [0.5, 0.6) is 5.75 Å². The highest BCUT2D eigenvalue weighted by Gasteiger charge is 2.39. The fraction of sp³-hybridized carbons (Fsp3) is 0.580. The van der Waals surface area contributed by atoms with E-state index in [1.165, 1.54) is 47.7 Å². The lowest BCUT2D eigenvalue weighted by Crippen LogP contribution is -2.59. The Balaban J connectivity index is 1.57. The number of hydrogen-bond acceptors (Lipinski definition) is 18. The van der Waals surface area contributed by atoms with Crippen molar-refractivity contribution >= 4 is 80.5 Å². The van der Waals surface area contributed by atoms with E-state index < -0.39 is 83.5 Å². The Labute approximate surface area is 438 Å². The number of nitro groups is 1. The number of rotatable bonds is 29. The van der Waals surface area contributed by atoms with E-state index in [-0.39, 0.29) is 76.3 Å². The third kappa shape index (κ3) is 18.7. The van der Waals surface area contributed by atoms with E-state index in [2.05, 4.69) is 25.9 Å². The molecule has 400 valence electrons. The Morgan fingerprint density at radius 3 is 2.40 bits per heavy atom. The number of piperidine rings is 1. The quantitative estimate of drug-likeness (QED) is 0.0139. The molecule has 0 radical (unpaired) electrons. The summed E-state index contributed by atoms with van der Waals surface area (Å²) < 4.78 is 11.6. The maximum Gasteiger partial charge on any atom is 0.307 e. The molecule has 0 bridgehead atoms. The van der Waals surface area contributed by atoms with Gasteiger partial charge < -0.3 is 40.2 Å². The van der Waals surface area contributed by atoms with E-state index in [9.17, 15) is 48.8 Å². The van der Waals surface area contributed by atoms with Crippen molar-refractivity contribution in [3.63, 3.8) is 0 Å². The van der Waals surface area contributed by atoms with Crippen LogP contribution in [0.25, 0.3) is 0 Å². The van der Waals surface area contributed by atoms with E-state index in [0.29, 0.717) is 25.5 Å². The van der Waals surface area contributed by atoms with Gasteiger partial charge in [0.2, 0.25) is 17.7 Å². The average Bonchev–Trinajstić information content (AvgIpc) is 3.86. The van der Waals surface area contributed by atoms with Crippen LogP contribution < -0.4 is 16.0 Å². The molecule has 4 N–H and O–H groups in total. The number of hydrogen-bond donors (Lipinski definition) is 4. The van der Waals surface area contributed by atoms with Crippen molar-refractivity contribution in [3.05, 3.63) is 74.4 Å². The molecule has 0 spiro atoms. The topological polar surface area (TPSA) is 270 Å². The van der Waals surface area contributed by atoms with E-state index in [1.54, 1.807) is 19.1 Å². The summed E-state index contributed by atoms with van der Waals surface area (Å²) in [6, 6.07) is 5.43. The van der Waals surface area contributed by atoms with Crippen molar-refractivity contribution in [2.45, 2.75) is 148 Å². The predicted octanol–water partition coefficient (Wildman–Crippen LogP) is 6.81. The summed E-state index contributed by atoms with van der Waals surface area (Å²) in [7, 11) is 4.02. The van der Waals surface area contributed by atoms with Gasteiger partial charge in [0.05, 0.1) is 17.0 Å². The van der Waals surface area contributed by atoms with Crippen LogP contribution in [0.15, 0.2) is 53.0 Å². The van der Waals surface area contributed by atoms with Crippen LogP contribution in [0.1, 0.15) is 127 Å². The molecule has 3 unspecified atom stereocenters. The number of pyridine rings is 1. The number of likely N-dealkylation sites (N-methyl/N-ethyl adjacent to an activating group) is 1. The zero-order chi connectivity index (χ0) is 53.8. The van der Waals surface area contributed by atoms with Crippen LogP contribution in [0.3, 0.4) is 0 Å². The van der Waals surface area contributed by atoms with Gasteiger partial charge in [0.25, 0.3) is 5.91 Å². The number of thiazole rings is 1. The number of nitrogens with zero attached hydrogens (tertiary/aromatic N) is 5. The molecule has 0 aliphatic carbocycles. The van der Waals surface area contributed by atoms with Crippen molar-refractivity contribution in [1.82, 2.24) is 35.7 Å². The molecule has 1 aliphatic rings. The SMILES string of the molecule is CCCC(=O)OCN(C(=O)[C@@H](NC(=O)[C@H]1CCCCN1C)C(C)CC)C(C[C@@H](OC(C)=O)c1nc(C(=O)N[C@@H](Cc2ccc(O)cc2)CC(C)C(=O)N[C@H](C=O)CSSc2ncccc2[N+](=O)[O-])cs1)C(C)C. The Kier molecular flexibility index (Phi) is 24.5. The minimum atomic E-state index is -1.07. The molecular formula is C50H70N8O12S3.